The van der Waals surface area contributed by atoms with Gasteiger partial charge in [0, 0.05) is 16.4 Å². The number of halogens is 1. The number of anilines is 1. The van der Waals surface area contributed by atoms with Crippen LogP contribution in [0.3, 0.4) is 0 Å². The van der Waals surface area contributed by atoms with Crippen molar-refractivity contribution in [2.24, 2.45) is 0 Å². The SMILES string of the molecule is Nc1cccc(CN2C(=O)c3cccnc3S2(=O)=O)c1Br. The van der Waals surface area contributed by atoms with Crippen molar-refractivity contribution in [1.82, 2.24) is 9.29 Å². The number of amides is 1. The first-order chi connectivity index (χ1) is 9.93. The molecule has 21 heavy (non-hydrogen) atoms. The minimum absolute atomic E-state index is 0.0941. The Labute approximate surface area is 129 Å². The summed E-state index contributed by atoms with van der Waals surface area (Å²) in [7, 11) is -3.91. The molecule has 1 aromatic heterocycles. The number of nitrogens with zero attached hydrogens (tertiary/aromatic N) is 2. The van der Waals surface area contributed by atoms with E-state index in [1.807, 2.05) is 0 Å². The lowest BCUT2D eigenvalue weighted by Gasteiger charge is -2.16. The van der Waals surface area contributed by atoms with Gasteiger partial charge in [-0.1, -0.05) is 12.1 Å². The van der Waals surface area contributed by atoms with Gasteiger partial charge in [0.05, 0.1) is 12.1 Å². The van der Waals surface area contributed by atoms with Gasteiger partial charge in [-0.05, 0) is 39.7 Å². The van der Waals surface area contributed by atoms with Gasteiger partial charge in [-0.25, -0.2) is 9.29 Å². The Balaban J connectivity index is 2.06. The van der Waals surface area contributed by atoms with Crippen LogP contribution < -0.4 is 5.73 Å². The fraction of sp³-hybridized carbons (Fsp3) is 0.0769. The van der Waals surface area contributed by atoms with Crippen molar-refractivity contribution < 1.29 is 13.2 Å². The summed E-state index contributed by atoms with van der Waals surface area (Å²) in [4.78, 5) is 16.1. The van der Waals surface area contributed by atoms with E-state index in [-0.39, 0.29) is 17.1 Å². The molecule has 1 amide bonds. The number of fused-ring (bicyclic) bond motifs is 1. The molecule has 0 aliphatic carbocycles. The Hall–Kier alpha value is -1.93. The fourth-order valence-corrected chi connectivity index (χ4v) is 3.99. The molecule has 0 unspecified atom stereocenters. The van der Waals surface area contributed by atoms with Gasteiger partial charge >= 0.3 is 0 Å². The van der Waals surface area contributed by atoms with Crippen molar-refractivity contribution in [2.75, 3.05) is 5.73 Å². The predicted octanol–water partition coefficient (Wildman–Crippen LogP) is 1.77. The number of hydrogen-bond acceptors (Lipinski definition) is 5. The molecule has 0 atom stereocenters. The zero-order valence-corrected chi connectivity index (χ0v) is 13.1. The monoisotopic (exact) mass is 367 g/mol. The van der Waals surface area contributed by atoms with Crippen LogP contribution >= 0.6 is 15.9 Å². The van der Waals surface area contributed by atoms with E-state index >= 15 is 0 Å². The number of carbonyl (C=O) groups is 1. The summed E-state index contributed by atoms with van der Waals surface area (Å²) in [6, 6.07) is 8.08. The first kappa shape index (κ1) is 14.0. The van der Waals surface area contributed by atoms with Crippen molar-refractivity contribution >= 4 is 37.5 Å². The summed E-state index contributed by atoms with van der Waals surface area (Å²) in [6.45, 7) is -0.0941. The third-order valence-corrected chi connectivity index (χ3v) is 5.84. The number of rotatable bonds is 2. The van der Waals surface area contributed by atoms with Crippen molar-refractivity contribution in [3.05, 3.63) is 52.1 Å². The van der Waals surface area contributed by atoms with Crippen LogP contribution in [0.2, 0.25) is 0 Å². The predicted molar refractivity (Wildman–Crippen MR) is 79.9 cm³/mol. The molecule has 0 saturated carbocycles. The number of carbonyl (C=O) groups excluding carboxylic acids is 1. The van der Waals surface area contributed by atoms with E-state index in [1.165, 1.54) is 18.3 Å². The smallest absolute Gasteiger partial charge is 0.285 e. The lowest BCUT2D eigenvalue weighted by molar-refractivity contribution is 0.0864. The Morgan fingerprint density at radius 1 is 1.24 bits per heavy atom. The second-order valence-electron chi connectivity index (χ2n) is 4.49. The molecule has 0 fully saturated rings. The minimum atomic E-state index is -3.91. The highest BCUT2D eigenvalue weighted by Crippen LogP contribution is 2.32. The summed E-state index contributed by atoms with van der Waals surface area (Å²) in [5, 5.41) is -0.199. The topological polar surface area (TPSA) is 93.4 Å². The van der Waals surface area contributed by atoms with Crippen LogP contribution in [-0.2, 0) is 16.6 Å². The summed E-state index contributed by atoms with van der Waals surface area (Å²) in [5.41, 5.74) is 6.95. The number of hydrogen-bond donors (Lipinski definition) is 1. The maximum Gasteiger partial charge on any atom is 0.285 e. The van der Waals surface area contributed by atoms with Crippen LogP contribution in [0.25, 0.3) is 0 Å². The van der Waals surface area contributed by atoms with E-state index in [2.05, 4.69) is 20.9 Å². The Kier molecular flexibility index (Phi) is 3.22. The summed E-state index contributed by atoms with van der Waals surface area (Å²) in [5.74, 6) is -0.576. The van der Waals surface area contributed by atoms with Gasteiger partial charge in [-0.15, -0.1) is 0 Å². The Morgan fingerprint density at radius 2 is 2.00 bits per heavy atom. The molecular formula is C13H10BrN3O3S. The highest BCUT2D eigenvalue weighted by atomic mass is 79.9. The second-order valence-corrected chi connectivity index (χ2v) is 7.06. The quantitative estimate of drug-likeness (QED) is 0.816. The molecule has 8 heteroatoms. The summed E-state index contributed by atoms with van der Waals surface area (Å²) < 4.78 is 26.2. The van der Waals surface area contributed by atoms with Gasteiger partial charge in [-0.2, -0.15) is 8.42 Å². The molecule has 108 valence electrons. The number of sulfonamides is 1. The molecular weight excluding hydrogens is 358 g/mol. The molecule has 0 bridgehead atoms. The van der Waals surface area contributed by atoms with Crippen LogP contribution in [0.4, 0.5) is 5.69 Å². The van der Waals surface area contributed by atoms with Crippen LogP contribution in [0.5, 0.6) is 0 Å². The Bertz CT molecular complexity index is 851. The maximum absolute atomic E-state index is 12.4. The molecule has 3 rings (SSSR count). The lowest BCUT2D eigenvalue weighted by atomic mass is 10.2. The minimum Gasteiger partial charge on any atom is -0.398 e. The summed E-state index contributed by atoms with van der Waals surface area (Å²) >= 11 is 3.31. The van der Waals surface area contributed by atoms with Gasteiger partial charge in [0.25, 0.3) is 15.9 Å². The highest BCUT2D eigenvalue weighted by molar-refractivity contribution is 9.10. The zero-order valence-electron chi connectivity index (χ0n) is 10.7. The van der Waals surface area contributed by atoms with Crippen molar-refractivity contribution in [1.29, 1.82) is 0 Å². The Morgan fingerprint density at radius 3 is 2.71 bits per heavy atom. The van der Waals surface area contributed by atoms with E-state index in [4.69, 9.17) is 5.73 Å². The molecule has 2 aromatic rings. The normalized spacial score (nSPS) is 16.0. The average Bonchev–Trinajstić information content (AvgIpc) is 2.65. The molecule has 1 aliphatic rings. The maximum atomic E-state index is 12.4. The van der Waals surface area contributed by atoms with E-state index in [9.17, 15) is 13.2 Å². The van der Waals surface area contributed by atoms with E-state index < -0.39 is 15.9 Å². The third kappa shape index (κ3) is 2.11. The van der Waals surface area contributed by atoms with E-state index in [1.54, 1.807) is 18.2 Å². The molecule has 2 heterocycles. The average molecular weight is 368 g/mol. The highest BCUT2D eigenvalue weighted by Gasteiger charge is 2.42. The number of pyridine rings is 1. The van der Waals surface area contributed by atoms with E-state index in [0.717, 1.165) is 4.31 Å². The van der Waals surface area contributed by atoms with E-state index in [0.29, 0.717) is 15.7 Å². The lowest BCUT2D eigenvalue weighted by Crippen LogP contribution is -2.29. The molecule has 1 aliphatic heterocycles. The van der Waals surface area contributed by atoms with Crippen LogP contribution in [-0.4, -0.2) is 23.6 Å². The molecule has 6 nitrogen and oxygen atoms in total. The first-order valence-electron chi connectivity index (χ1n) is 5.98. The molecule has 0 radical (unpaired) electrons. The van der Waals surface area contributed by atoms with Gasteiger partial charge in [0.15, 0.2) is 5.03 Å². The standard InChI is InChI=1S/C13H10BrN3O3S/c14-11-8(3-1-5-10(11)15)7-17-13(18)9-4-2-6-16-12(9)21(17,19)20/h1-6H,7,15H2. The summed E-state index contributed by atoms with van der Waals surface area (Å²) in [6.07, 6.45) is 1.35. The molecule has 0 saturated heterocycles. The molecule has 2 N–H and O–H groups in total. The zero-order chi connectivity index (χ0) is 15.2. The number of aromatic nitrogens is 1. The van der Waals surface area contributed by atoms with Gasteiger partial charge in [0.2, 0.25) is 0 Å². The number of nitrogen functional groups attached to an aromatic ring is 1. The largest absolute Gasteiger partial charge is 0.398 e. The van der Waals surface area contributed by atoms with Crippen LogP contribution in [0.15, 0.2) is 46.0 Å². The number of benzene rings is 1. The van der Waals surface area contributed by atoms with Crippen molar-refractivity contribution in [3.63, 3.8) is 0 Å². The van der Waals surface area contributed by atoms with Crippen molar-refractivity contribution in [2.45, 2.75) is 11.6 Å². The van der Waals surface area contributed by atoms with Gasteiger partial charge in [-0.3, -0.25) is 4.79 Å². The van der Waals surface area contributed by atoms with Crippen LogP contribution in [0, 0.1) is 0 Å². The third-order valence-electron chi connectivity index (χ3n) is 3.19. The van der Waals surface area contributed by atoms with Crippen molar-refractivity contribution in [3.8, 4) is 0 Å². The molecule has 0 spiro atoms. The molecule has 1 aromatic carbocycles. The first-order valence-corrected chi connectivity index (χ1v) is 8.21. The second kappa shape index (κ2) is 4.81. The van der Waals surface area contributed by atoms with Gasteiger partial charge in [0.1, 0.15) is 0 Å². The number of nitrogens with two attached hydrogens (primary N) is 1. The van der Waals surface area contributed by atoms with Gasteiger partial charge < -0.3 is 5.73 Å². The van der Waals surface area contributed by atoms with Crippen LogP contribution in [0.1, 0.15) is 15.9 Å². The fourth-order valence-electron chi connectivity index (χ4n) is 2.14.